The lowest BCUT2D eigenvalue weighted by molar-refractivity contribution is -0.119. The van der Waals surface area contributed by atoms with Crippen LogP contribution in [0.2, 0.25) is 0 Å². The van der Waals surface area contributed by atoms with Crippen LogP contribution < -0.4 is 16.4 Å². The third kappa shape index (κ3) is 4.94. The maximum atomic E-state index is 11.5. The molecular weight excluding hydrogens is 232 g/mol. The Hall–Kier alpha value is -1.92. The van der Waals surface area contributed by atoms with Crippen LogP contribution in [-0.4, -0.2) is 33.9 Å². The molecule has 1 rings (SSSR count). The topological polar surface area (TPSA) is 106 Å². The summed E-state index contributed by atoms with van der Waals surface area (Å²) < 4.78 is 0. The van der Waals surface area contributed by atoms with Crippen LogP contribution in [0.5, 0.6) is 0 Å². The second-order valence-electron chi connectivity index (χ2n) is 4.34. The Labute approximate surface area is 107 Å². The van der Waals surface area contributed by atoms with Crippen LogP contribution in [0, 0.1) is 5.92 Å². The van der Waals surface area contributed by atoms with Gasteiger partial charge in [0.15, 0.2) is 0 Å². The molecule has 0 radical (unpaired) electrons. The van der Waals surface area contributed by atoms with Gasteiger partial charge in [0.25, 0.3) is 0 Å². The fraction of sp³-hybridized carbons (Fsp3) is 0.636. The number of amides is 1. The zero-order valence-electron chi connectivity index (χ0n) is 11.0. The average Bonchev–Trinajstić information content (AvgIpc) is 2.33. The number of hydrogen-bond donors (Lipinski definition) is 3. The van der Waals surface area contributed by atoms with Crippen LogP contribution in [-0.2, 0) is 11.2 Å². The van der Waals surface area contributed by atoms with Crippen LogP contribution in [0.3, 0.4) is 0 Å². The van der Waals surface area contributed by atoms with Crippen molar-refractivity contribution in [3.63, 3.8) is 0 Å². The Kier molecular flexibility index (Phi) is 5.29. The van der Waals surface area contributed by atoms with Crippen molar-refractivity contribution in [2.75, 3.05) is 24.1 Å². The van der Waals surface area contributed by atoms with E-state index in [9.17, 15) is 4.79 Å². The molecule has 4 N–H and O–H groups in total. The number of anilines is 2. The number of aryl methyl sites for hydroxylation is 1. The molecule has 100 valence electrons. The van der Waals surface area contributed by atoms with Crippen molar-refractivity contribution in [3.8, 4) is 0 Å². The number of aromatic nitrogens is 3. The Morgan fingerprint density at radius 1 is 1.33 bits per heavy atom. The molecule has 0 aliphatic rings. The molecule has 1 heterocycles. The van der Waals surface area contributed by atoms with E-state index < -0.39 is 0 Å². The van der Waals surface area contributed by atoms with Gasteiger partial charge in [-0.2, -0.15) is 15.0 Å². The van der Waals surface area contributed by atoms with Gasteiger partial charge in [-0.3, -0.25) is 4.79 Å². The van der Waals surface area contributed by atoms with Gasteiger partial charge in [0.2, 0.25) is 17.8 Å². The normalized spacial score (nSPS) is 10.4. The summed E-state index contributed by atoms with van der Waals surface area (Å²) in [6.45, 7) is 6.77. The summed E-state index contributed by atoms with van der Waals surface area (Å²) in [5.41, 5.74) is 5.54. The highest BCUT2D eigenvalue weighted by molar-refractivity contribution is 5.80. The van der Waals surface area contributed by atoms with Gasteiger partial charge in [-0.15, -0.1) is 0 Å². The number of carbonyl (C=O) groups excluding carboxylic acids is 1. The second-order valence-corrected chi connectivity index (χ2v) is 4.34. The highest BCUT2D eigenvalue weighted by Gasteiger charge is 2.06. The molecule has 0 bridgehead atoms. The number of carbonyl (C=O) groups is 1. The van der Waals surface area contributed by atoms with Gasteiger partial charge in [0.05, 0.1) is 6.54 Å². The minimum absolute atomic E-state index is 0.0965. The molecule has 7 nitrogen and oxygen atoms in total. The van der Waals surface area contributed by atoms with E-state index in [1.807, 2.05) is 20.8 Å². The minimum Gasteiger partial charge on any atom is -0.368 e. The molecule has 7 heteroatoms. The summed E-state index contributed by atoms with van der Waals surface area (Å²) in [5.74, 6) is 1.42. The Morgan fingerprint density at radius 3 is 2.67 bits per heavy atom. The smallest absolute Gasteiger partial charge is 0.239 e. The first kappa shape index (κ1) is 14.1. The maximum Gasteiger partial charge on any atom is 0.239 e. The van der Waals surface area contributed by atoms with Crippen LogP contribution in [0.1, 0.15) is 26.6 Å². The fourth-order valence-electron chi connectivity index (χ4n) is 1.21. The third-order valence-corrected chi connectivity index (χ3v) is 2.13. The first-order chi connectivity index (χ1) is 8.51. The molecule has 0 unspecified atom stereocenters. The molecule has 1 aromatic rings. The van der Waals surface area contributed by atoms with Crippen molar-refractivity contribution in [1.82, 2.24) is 20.3 Å². The standard InChI is InChI=1S/C11H20N6O/c1-4-8-15-10(12)17-11(16-8)14-6-9(18)13-5-7(2)3/h7H,4-6H2,1-3H3,(H,13,18)(H3,12,14,15,16,17). The van der Waals surface area contributed by atoms with E-state index in [-0.39, 0.29) is 18.4 Å². The molecule has 0 fully saturated rings. The summed E-state index contributed by atoms with van der Waals surface area (Å²) in [5, 5.41) is 5.62. The Morgan fingerprint density at radius 2 is 2.06 bits per heavy atom. The average molecular weight is 252 g/mol. The Bertz CT molecular complexity index is 407. The first-order valence-electron chi connectivity index (χ1n) is 6.02. The first-order valence-corrected chi connectivity index (χ1v) is 6.02. The molecule has 0 atom stereocenters. The van der Waals surface area contributed by atoms with E-state index >= 15 is 0 Å². The summed E-state index contributed by atoms with van der Waals surface area (Å²) in [4.78, 5) is 23.5. The van der Waals surface area contributed by atoms with Gasteiger partial charge in [0.1, 0.15) is 5.82 Å². The lowest BCUT2D eigenvalue weighted by Crippen LogP contribution is -2.33. The molecule has 18 heavy (non-hydrogen) atoms. The zero-order valence-corrected chi connectivity index (χ0v) is 11.0. The molecule has 0 aromatic carbocycles. The van der Waals surface area contributed by atoms with Crippen molar-refractivity contribution in [3.05, 3.63) is 5.82 Å². The largest absolute Gasteiger partial charge is 0.368 e. The maximum absolute atomic E-state index is 11.5. The number of rotatable bonds is 6. The van der Waals surface area contributed by atoms with Crippen LogP contribution in [0.15, 0.2) is 0 Å². The molecule has 1 amide bonds. The molecule has 1 aromatic heterocycles. The molecule has 0 spiro atoms. The SMILES string of the molecule is CCc1nc(N)nc(NCC(=O)NCC(C)C)n1. The zero-order chi connectivity index (χ0) is 13.5. The summed E-state index contributed by atoms with van der Waals surface area (Å²) in [6.07, 6.45) is 0.668. The van der Waals surface area contributed by atoms with Crippen molar-refractivity contribution >= 4 is 17.8 Å². The van der Waals surface area contributed by atoms with Gasteiger partial charge in [-0.1, -0.05) is 20.8 Å². The molecule has 0 saturated carbocycles. The number of nitrogens with two attached hydrogens (primary N) is 1. The number of nitrogen functional groups attached to an aromatic ring is 1. The van der Waals surface area contributed by atoms with Crippen molar-refractivity contribution in [2.24, 2.45) is 5.92 Å². The van der Waals surface area contributed by atoms with Crippen LogP contribution in [0.4, 0.5) is 11.9 Å². The van der Waals surface area contributed by atoms with Gasteiger partial charge < -0.3 is 16.4 Å². The van der Waals surface area contributed by atoms with Crippen molar-refractivity contribution in [2.45, 2.75) is 27.2 Å². The molecule has 0 aliphatic heterocycles. The van der Waals surface area contributed by atoms with Crippen LogP contribution >= 0.6 is 0 Å². The number of hydrogen-bond acceptors (Lipinski definition) is 6. The van der Waals surface area contributed by atoms with E-state index in [1.165, 1.54) is 0 Å². The summed E-state index contributed by atoms with van der Waals surface area (Å²) in [6, 6.07) is 0. The van der Waals surface area contributed by atoms with Crippen LogP contribution in [0.25, 0.3) is 0 Å². The lowest BCUT2D eigenvalue weighted by atomic mass is 10.2. The molecular formula is C11H20N6O. The number of nitrogens with zero attached hydrogens (tertiary/aromatic N) is 3. The lowest BCUT2D eigenvalue weighted by Gasteiger charge is -2.09. The number of nitrogens with one attached hydrogen (secondary N) is 2. The van der Waals surface area contributed by atoms with E-state index in [1.54, 1.807) is 0 Å². The van der Waals surface area contributed by atoms with E-state index in [0.29, 0.717) is 30.7 Å². The van der Waals surface area contributed by atoms with Gasteiger partial charge in [-0.25, -0.2) is 0 Å². The highest BCUT2D eigenvalue weighted by atomic mass is 16.1. The third-order valence-electron chi connectivity index (χ3n) is 2.13. The minimum atomic E-state index is -0.0965. The predicted octanol–water partition coefficient (Wildman–Crippen LogP) is 0.200. The van der Waals surface area contributed by atoms with Gasteiger partial charge >= 0.3 is 0 Å². The summed E-state index contributed by atoms with van der Waals surface area (Å²) in [7, 11) is 0. The van der Waals surface area contributed by atoms with Gasteiger partial charge in [-0.05, 0) is 5.92 Å². The second kappa shape index (κ2) is 6.73. The molecule has 0 aliphatic carbocycles. The van der Waals surface area contributed by atoms with Gasteiger partial charge in [0, 0.05) is 13.0 Å². The monoisotopic (exact) mass is 252 g/mol. The highest BCUT2D eigenvalue weighted by Crippen LogP contribution is 2.02. The van der Waals surface area contributed by atoms with Crippen molar-refractivity contribution in [1.29, 1.82) is 0 Å². The predicted molar refractivity (Wildman–Crippen MR) is 70.0 cm³/mol. The van der Waals surface area contributed by atoms with Crippen molar-refractivity contribution < 1.29 is 4.79 Å². The Balaban J connectivity index is 2.47. The van der Waals surface area contributed by atoms with E-state index in [4.69, 9.17) is 5.73 Å². The van der Waals surface area contributed by atoms with E-state index in [2.05, 4.69) is 25.6 Å². The van der Waals surface area contributed by atoms with E-state index in [0.717, 1.165) is 0 Å². The fourth-order valence-corrected chi connectivity index (χ4v) is 1.21. The summed E-state index contributed by atoms with van der Waals surface area (Å²) >= 11 is 0. The quantitative estimate of drug-likeness (QED) is 0.668. The molecule has 0 saturated heterocycles.